The lowest BCUT2D eigenvalue weighted by atomic mass is 10.1. The maximum absolute atomic E-state index is 11.8. The number of hydrogen-bond acceptors (Lipinski definition) is 4. The number of nitrogens with zero attached hydrogens (tertiary/aromatic N) is 2. The van der Waals surface area contributed by atoms with Crippen LogP contribution in [0.4, 0.5) is 5.69 Å². The number of carbonyl (C=O) groups is 1. The van der Waals surface area contributed by atoms with Crippen molar-refractivity contribution in [1.82, 2.24) is 5.32 Å². The highest BCUT2D eigenvalue weighted by Crippen LogP contribution is 2.15. The molecule has 2 N–H and O–H groups in total. The quantitative estimate of drug-likeness (QED) is 0.856. The molecule has 0 aliphatic rings. The maximum Gasteiger partial charge on any atom is 0.242 e. The molecule has 0 heterocycles. The largest absolute Gasteiger partial charge is 0.374 e. The first-order valence-electron chi connectivity index (χ1n) is 6.46. The molecule has 1 unspecified atom stereocenters. The number of carbonyl (C=O) groups excluding carboxylic acids is 1. The Bertz CT molecular complexity index is 566. The van der Waals surface area contributed by atoms with Crippen LogP contribution >= 0.6 is 0 Å². The van der Waals surface area contributed by atoms with E-state index in [1.807, 2.05) is 26.0 Å². The minimum Gasteiger partial charge on any atom is -0.374 e. The van der Waals surface area contributed by atoms with Crippen LogP contribution in [0.1, 0.15) is 31.9 Å². The van der Waals surface area contributed by atoms with E-state index in [0.717, 1.165) is 0 Å². The fourth-order valence-electron chi connectivity index (χ4n) is 1.60. The third kappa shape index (κ3) is 4.29. The van der Waals surface area contributed by atoms with Gasteiger partial charge in [-0.1, -0.05) is 13.8 Å². The van der Waals surface area contributed by atoms with Crippen molar-refractivity contribution >= 4 is 11.6 Å². The first kappa shape index (κ1) is 15.5. The molecule has 1 aromatic carbocycles. The number of hydrogen-bond donors (Lipinski definition) is 2. The van der Waals surface area contributed by atoms with E-state index in [4.69, 9.17) is 10.5 Å². The summed E-state index contributed by atoms with van der Waals surface area (Å²) in [6.45, 7) is 6.43. The second-order valence-corrected chi connectivity index (χ2v) is 4.99. The van der Waals surface area contributed by atoms with Crippen LogP contribution in [0, 0.1) is 28.6 Å². The molecule has 0 saturated carbocycles. The second kappa shape index (κ2) is 7.16. The van der Waals surface area contributed by atoms with Crippen LogP contribution in [0.5, 0.6) is 0 Å². The highest BCUT2D eigenvalue weighted by Gasteiger charge is 2.13. The highest BCUT2D eigenvalue weighted by atomic mass is 16.2. The number of rotatable bonds is 5. The molecule has 5 heteroatoms. The zero-order valence-corrected chi connectivity index (χ0v) is 11.9. The number of nitrogens with one attached hydrogen (secondary N) is 2. The van der Waals surface area contributed by atoms with Gasteiger partial charge in [-0.15, -0.1) is 0 Å². The summed E-state index contributed by atoms with van der Waals surface area (Å²) in [4.78, 5) is 11.8. The highest BCUT2D eigenvalue weighted by molar-refractivity contribution is 5.84. The van der Waals surface area contributed by atoms with Crippen LogP contribution < -0.4 is 10.6 Å². The number of benzene rings is 1. The molecular weight excluding hydrogens is 252 g/mol. The molecule has 0 bridgehead atoms. The summed E-state index contributed by atoms with van der Waals surface area (Å²) < 4.78 is 0. The van der Waals surface area contributed by atoms with Crippen LogP contribution in [0.15, 0.2) is 18.2 Å². The van der Waals surface area contributed by atoms with Gasteiger partial charge in [0.25, 0.3) is 0 Å². The van der Waals surface area contributed by atoms with Crippen molar-refractivity contribution in [3.63, 3.8) is 0 Å². The van der Waals surface area contributed by atoms with E-state index in [-0.39, 0.29) is 5.91 Å². The third-order valence-corrected chi connectivity index (χ3v) is 2.72. The van der Waals surface area contributed by atoms with Gasteiger partial charge in [0, 0.05) is 12.2 Å². The minimum absolute atomic E-state index is 0.0958. The topological polar surface area (TPSA) is 88.7 Å². The van der Waals surface area contributed by atoms with Gasteiger partial charge in [0.2, 0.25) is 5.91 Å². The monoisotopic (exact) mass is 270 g/mol. The van der Waals surface area contributed by atoms with Gasteiger partial charge in [-0.2, -0.15) is 10.5 Å². The van der Waals surface area contributed by atoms with Crippen LogP contribution in [-0.2, 0) is 4.79 Å². The standard InChI is InChI=1S/C15H18N4O/c1-10(2)9-18-15(20)11(3)19-14-5-4-12(7-16)13(6-14)8-17/h4-6,10-11,19H,9H2,1-3H3,(H,18,20). The molecule has 0 spiro atoms. The Labute approximate surface area is 119 Å². The summed E-state index contributed by atoms with van der Waals surface area (Å²) in [5.41, 5.74) is 1.27. The molecular formula is C15H18N4O. The van der Waals surface area contributed by atoms with Crippen molar-refractivity contribution in [1.29, 1.82) is 10.5 Å². The van der Waals surface area contributed by atoms with Gasteiger partial charge in [0.1, 0.15) is 18.2 Å². The van der Waals surface area contributed by atoms with Crippen molar-refractivity contribution in [2.24, 2.45) is 5.92 Å². The summed E-state index contributed by atoms with van der Waals surface area (Å²) in [5, 5.41) is 23.7. The fraction of sp³-hybridized carbons (Fsp3) is 0.400. The van der Waals surface area contributed by atoms with Crippen LogP contribution in [0.2, 0.25) is 0 Å². The van der Waals surface area contributed by atoms with E-state index in [1.54, 1.807) is 25.1 Å². The van der Waals surface area contributed by atoms with Crippen molar-refractivity contribution in [2.45, 2.75) is 26.8 Å². The summed E-state index contributed by atoms with van der Waals surface area (Å²) in [6.07, 6.45) is 0. The molecule has 5 nitrogen and oxygen atoms in total. The molecule has 0 aliphatic carbocycles. The lowest BCUT2D eigenvalue weighted by molar-refractivity contribution is -0.121. The molecule has 1 aromatic rings. The van der Waals surface area contributed by atoms with E-state index in [2.05, 4.69) is 10.6 Å². The minimum atomic E-state index is -0.409. The van der Waals surface area contributed by atoms with Crippen molar-refractivity contribution in [3.05, 3.63) is 29.3 Å². The zero-order valence-electron chi connectivity index (χ0n) is 11.9. The van der Waals surface area contributed by atoms with Gasteiger partial charge in [-0.3, -0.25) is 4.79 Å². The number of nitriles is 2. The van der Waals surface area contributed by atoms with Crippen LogP contribution in [0.25, 0.3) is 0 Å². The van der Waals surface area contributed by atoms with Gasteiger partial charge < -0.3 is 10.6 Å². The van der Waals surface area contributed by atoms with Gasteiger partial charge >= 0.3 is 0 Å². The Morgan fingerprint density at radius 1 is 1.20 bits per heavy atom. The first-order chi connectivity index (χ1) is 9.47. The van der Waals surface area contributed by atoms with Crippen molar-refractivity contribution in [2.75, 3.05) is 11.9 Å². The lowest BCUT2D eigenvalue weighted by Gasteiger charge is -2.16. The van der Waals surface area contributed by atoms with E-state index in [1.165, 1.54) is 0 Å². The zero-order chi connectivity index (χ0) is 15.1. The first-order valence-corrected chi connectivity index (χ1v) is 6.46. The Hall–Kier alpha value is -2.53. The Balaban J connectivity index is 2.72. The smallest absolute Gasteiger partial charge is 0.242 e. The summed E-state index contributed by atoms with van der Waals surface area (Å²) in [6, 6.07) is 8.34. The SMILES string of the molecule is CC(C)CNC(=O)C(C)Nc1ccc(C#N)c(C#N)c1. The average Bonchev–Trinajstić information content (AvgIpc) is 2.44. The van der Waals surface area contributed by atoms with Crippen LogP contribution in [-0.4, -0.2) is 18.5 Å². The molecule has 1 atom stereocenters. The summed E-state index contributed by atoms with van der Waals surface area (Å²) >= 11 is 0. The maximum atomic E-state index is 11.8. The molecule has 0 saturated heterocycles. The Morgan fingerprint density at radius 2 is 1.85 bits per heavy atom. The van der Waals surface area contributed by atoms with Gasteiger partial charge in [-0.05, 0) is 31.0 Å². The number of anilines is 1. The summed E-state index contributed by atoms with van der Waals surface area (Å²) in [5.74, 6) is 0.299. The van der Waals surface area contributed by atoms with Crippen molar-refractivity contribution < 1.29 is 4.79 Å². The molecule has 20 heavy (non-hydrogen) atoms. The molecule has 1 amide bonds. The normalized spacial score (nSPS) is 11.3. The molecule has 0 fully saturated rings. The molecule has 1 rings (SSSR count). The van der Waals surface area contributed by atoms with E-state index in [9.17, 15) is 4.79 Å². The van der Waals surface area contributed by atoms with E-state index in [0.29, 0.717) is 29.3 Å². The Morgan fingerprint density at radius 3 is 2.40 bits per heavy atom. The Kier molecular flexibility index (Phi) is 5.56. The average molecular weight is 270 g/mol. The van der Waals surface area contributed by atoms with E-state index < -0.39 is 6.04 Å². The molecule has 104 valence electrons. The predicted octanol–water partition coefficient (Wildman–Crippen LogP) is 2.00. The molecule has 0 aromatic heterocycles. The third-order valence-electron chi connectivity index (χ3n) is 2.72. The summed E-state index contributed by atoms with van der Waals surface area (Å²) in [7, 11) is 0. The van der Waals surface area contributed by atoms with Gasteiger partial charge in [0.05, 0.1) is 11.1 Å². The van der Waals surface area contributed by atoms with Gasteiger partial charge in [0.15, 0.2) is 0 Å². The lowest BCUT2D eigenvalue weighted by Crippen LogP contribution is -2.39. The van der Waals surface area contributed by atoms with Gasteiger partial charge in [-0.25, -0.2) is 0 Å². The van der Waals surface area contributed by atoms with E-state index >= 15 is 0 Å². The van der Waals surface area contributed by atoms with Crippen molar-refractivity contribution in [3.8, 4) is 12.1 Å². The molecule has 0 radical (unpaired) electrons. The number of amides is 1. The predicted molar refractivity (Wildman–Crippen MR) is 76.8 cm³/mol. The molecule has 0 aliphatic heterocycles. The second-order valence-electron chi connectivity index (χ2n) is 4.99. The van der Waals surface area contributed by atoms with Crippen LogP contribution in [0.3, 0.4) is 0 Å². The fourth-order valence-corrected chi connectivity index (χ4v) is 1.60.